The molecule has 0 atom stereocenters. The van der Waals surface area contributed by atoms with Crippen LogP contribution in [0.5, 0.6) is 0 Å². The SMILES string of the molecule is CNc1cc(C)ncc1C(=O)N1CCCCC1. The van der Waals surface area contributed by atoms with Gasteiger partial charge >= 0.3 is 0 Å². The maximum Gasteiger partial charge on any atom is 0.257 e. The van der Waals surface area contributed by atoms with Crippen LogP contribution in [0, 0.1) is 6.92 Å². The van der Waals surface area contributed by atoms with Gasteiger partial charge in [-0.05, 0) is 32.3 Å². The van der Waals surface area contributed by atoms with E-state index in [0.717, 1.165) is 37.3 Å². The monoisotopic (exact) mass is 233 g/mol. The Morgan fingerprint density at radius 2 is 2.06 bits per heavy atom. The molecular weight excluding hydrogens is 214 g/mol. The van der Waals surface area contributed by atoms with Gasteiger partial charge in [-0.2, -0.15) is 0 Å². The van der Waals surface area contributed by atoms with Gasteiger partial charge in [0.05, 0.1) is 11.3 Å². The molecule has 1 fully saturated rings. The first-order chi connectivity index (χ1) is 8.22. The molecule has 0 saturated carbocycles. The molecule has 1 N–H and O–H groups in total. The van der Waals surface area contributed by atoms with Crippen LogP contribution in [0.2, 0.25) is 0 Å². The number of hydrogen-bond donors (Lipinski definition) is 1. The lowest BCUT2D eigenvalue weighted by atomic mass is 10.1. The predicted molar refractivity (Wildman–Crippen MR) is 68.3 cm³/mol. The van der Waals surface area contributed by atoms with Gasteiger partial charge in [-0.25, -0.2) is 0 Å². The molecule has 0 bridgehead atoms. The lowest BCUT2D eigenvalue weighted by molar-refractivity contribution is 0.0725. The number of carbonyl (C=O) groups is 1. The molecule has 1 saturated heterocycles. The third kappa shape index (κ3) is 2.57. The zero-order chi connectivity index (χ0) is 12.3. The third-order valence-corrected chi connectivity index (χ3v) is 3.18. The van der Waals surface area contributed by atoms with Gasteiger partial charge in [-0.3, -0.25) is 9.78 Å². The van der Waals surface area contributed by atoms with Crippen molar-refractivity contribution in [3.63, 3.8) is 0 Å². The van der Waals surface area contributed by atoms with E-state index in [0.29, 0.717) is 5.56 Å². The number of nitrogens with one attached hydrogen (secondary N) is 1. The second kappa shape index (κ2) is 5.17. The first-order valence-corrected chi connectivity index (χ1v) is 6.16. The van der Waals surface area contributed by atoms with Crippen LogP contribution in [-0.2, 0) is 0 Å². The topological polar surface area (TPSA) is 45.2 Å². The zero-order valence-electron chi connectivity index (χ0n) is 10.5. The minimum absolute atomic E-state index is 0.0987. The van der Waals surface area contributed by atoms with Crippen molar-refractivity contribution < 1.29 is 4.79 Å². The fraction of sp³-hybridized carbons (Fsp3) is 0.538. The van der Waals surface area contributed by atoms with Crippen LogP contribution in [0.15, 0.2) is 12.3 Å². The molecule has 2 heterocycles. The van der Waals surface area contributed by atoms with Crippen molar-refractivity contribution in [3.8, 4) is 0 Å². The number of carbonyl (C=O) groups excluding carboxylic acids is 1. The molecule has 2 rings (SSSR count). The fourth-order valence-electron chi connectivity index (χ4n) is 2.20. The van der Waals surface area contributed by atoms with Crippen LogP contribution in [0.25, 0.3) is 0 Å². The third-order valence-electron chi connectivity index (χ3n) is 3.18. The second-order valence-electron chi connectivity index (χ2n) is 4.47. The quantitative estimate of drug-likeness (QED) is 0.850. The molecule has 17 heavy (non-hydrogen) atoms. The highest BCUT2D eigenvalue weighted by Crippen LogP contribution is 2.19. The average molecular weight is 233 g/mol. The van der Waals surface area contributed by atoms with Crippen molar-refractivity contribution >= 4 is 11.6 Å². The summed E-state index contributed by atoms with van der Waals surface area (Å²) in [6.45, 7) is 3.67. The number of piperidine rings is 1. The van der Waals surface area contributed by atoms with Crippen molar-refractivity contribution in [2.24, 2.45) is 0 Å². The molecule has 1 aromatic rings. The van der Waals surface area contributed by atoms with Gasteiger partial charge in [-0.1, -0.05) is 0 Å². The lowest BCUT2D eigenvalue weighted by Crippen LogP contribution is -2.36. The number of nitrogens with zero attached hydrogens (tertiary/aromatic N) is 2. The Labute approximate surface area is 102 Å². The number of anilines is 1. The normalized spacial score (nSPS) is 15.8. The standard InChI is InChI=1S/C13H19N3O/c1-10-8-12(14-2)11(9-15-10)13(17)16-6-4-3-5-7-16/h8-9H,3-7H2,1-2H3,(H,14,15). The predicted octanol–water partition coefficient (Wildman–Crippen LogP) is 2.06. The van der Waals surface area contributed by atoms with E-state index in [4.69, 9.17) is 0 Å². The molecule has 0 radical (unpaired) electrons. The maximum absolute atomic E-state index is 12.3. The summed E-state index contributed by atoms with van der Waals surface area (Å²) < 4.78 is 0. The van der Waals surface area contributed by atoms with E-state index >= 15 is 0 Å². The number of amides is 1. The summed E-state index contributed by atoms with van der Waals surface area (Å²) in [6.07, 6.45) is 5.13. The molecule has 1 aromatic heterocycles. The first-order valence-electron chi connectivity index (χ1n) is 6.16. The number of rotatable bonds is 2. The summed E-state index contributed by atoms with van der Waals surface area (Å²) in [7, 11) is 1.84. The number of likely N-dealkylation sites (tertiary alicyclic amines) is 1. The van der Waals surface area contributed by atoms with E-state index in [1.807, 2.05) is 24.9 Å². The minimum atomic E-state index is 0.0987. The van der Waals surface area contributed by atoms with Crippen LogP contribution >= 0.6 is 0 Å². The Morgan fingerprint density at radius 3 is 2.71 bits per heavy atom. The summed E-state index contributed by atoms with van der Waals surface area (Å²) in [4.78, 5) is 18.5. The van der Waals surface area contributed by atoms with Gasteiger partial charge < -0.3 is 10.2 Å². The molecule has 0 aliphatic carbocycles. The molecule has 0 aromatic carbocycles. The first kappa shape index (κ1) is 11.9. The van der Waals surface area contributed by atoms with Gasteiger partial charge in [0, 0.05) is 32.0 Å². The molecule has 4 heteroatoms. The molecule has 1 aliphatic rings. The largest absolute Gasteiger partial charge is 0.387 e. The van der Waals surface area contributed by atoms with E-state index in [9.17, 15) is 4.79 Å². The Kier molecular flexibility index (Phi) is 3.61. The Bertz CT molecular complexity index is 411. The Balaban J connectivity index is 2.23. The van der Waals surface area contributed by atoms with E-state index < -0.39 is 0 Å². The van der Waals surface area contributed by atoms with Crippen LogP contribution in [0.1, 0.15) is 35.3 Å². The average Bonchev–Trinajstić information content (AvgIpc) is 2.39. The van der Waals surface area contributed by atoms with Crippen LogP contribution in [0.3, 0.4) is 0 Å². The smallest absolute Gasteiger partial charge is 0.257 e. The molecule has 0 unspecified atom stereocenters. The van der Waals surface area contributed by atoms with Gasteiger partial charge in [-0.15, -0.1) is 0 Å². The highest BCUT2D eigenvalue weighted by atomic mass is 16.2. The Hall–Kier alpha value is -1.58. The summed E-state index contributed by atoms with van der Waals surface area (Å²) in [5.41, 5.74) is 2.47. The van der Waals surface area contributed by atoms with Crippen molar-refractivity contribution in [2.75, 3.05) is 25.5 Å². The maximum atomic E-state index is 12.3. The van der Waals surface area contributed by atoms with Gasteiger partial charge in [0.2, 0.25) is 0 Å². The zero-order valence-corrected chi connectivity index (χ0v) is 10.5. The van der Waals surface area contributed by atoms with E-state index in [1.54, 1.807) is 6.20 Å². The van der Waals surface area contributed by atoms with E-state index in [1.165, 1.54) is 6.42 Å². The van der Waals surface area contributed by atoms with Crippen molar-refractivity contribution in [1.82, 2.24) is 9.88 Å². The number of aromatic nitrogens is 1. The van der Waals surface area contributed by atoms with Gasteiger partial charge in [0.15, 0.2) is 0 Å². The Morgan fingerprint density at radius 1 is 1.35 bits per heavy atom. The highest BCUT2D eigenvalue weighted by molar-refractivity contribution is 5.99. The molecule has 0 spiro atoms. The van der Waals surface area contributed by atoms with Crippen LogP contribution < -0.4 is 5.32 Å². The van der Waals surface area contributed by atoms with Crippen molar-refractivity contribution in [3.05, 3.63) is 23.5 Å². The number of aryl methyl sites for hydroxylation is 1. The summed E-state index contributed by atoms with van der Waals surface area (Å²) >= 11 is 0. The van der Waals surface area contributed by atoms with Gasteiger partial charge in [0.25, 0.3) is 5.91 Å². The minimum Gasteiger partial charge on any atom is -0.387 e. The molecule has 92 valence electrons. The highest BCUT2D eigenvalue weighted by Gasteiger charge is 2.20. The molecule has 1 aliphatic heterocycles. The molecule has 4 nitrogen and oxygen atoms in total. The van der Waals surface area contributed by atoms with E-state index in [2.05, 4.69) is 10.3 Å². The van der Waals surface area contributed by atoms with Crippen LogP contribution in [-0.4, -0.2) is 35.9 Å². The molecular formula is C13H19N3O. The number of hydrogen-bond acceptors (Lipinski definition) is 3. The summed E-state index contributed by atoms with van der Waals surface area (Å²) in [5.74, 6) is 0.0987. The fourth-order valence-corrected chi connectivity index (χ4v) is 2.20. The summed E-state index contributed by atoms with van der Waals surface area (Å²) in [5, 5.41) is 3.07. The lowest BCUT2D eigenvalue weighted by Gasteiger charge is -2.27. The number of pyridine rings is 1. The van der Waals surface area contributed by atoms with Crippen molar-refractivity contribution in [2.45, 2.75) is 26.2 Å². The molecule has 1 amide bonds. The second-order valence-corrected chi connectivity index (χ2v) is 4.47. The van der Waals surface area contributed by atoms with Gasteiger partial charge in [0.1, 0.15) is 0 Å². The van der Waals surface area contributed by atoms with Crippen LogP contribution in [0.4, 0.5) is 5.69 Å². The summed E-state index contributed by atoms with van der Waals surface area (Å²) in [6, 6.07) is 1.91. The van der Waals surface area contributed by atoms with E-state index in [-0.39, 0.29) is 5.91 Å². The van der Waals surface area contributed by atoms with Crippen molar-refractivity contribution in [1.29, 1.82) is 0 Å².